The Kier molecular flexibility index (Phi) is 4.72. The minimum atomic E-state index is -0.497. The number of benzene rings is 1. The number of nitro benzene ring substituents is 1. The fourth-order valence-corrected chi connectivity index (χ4v) is 1.57. The predicted octanol–water partition coefficient (Wildman–Crippen LogP) is 2.68. The Bertz CT molecular complexity index is 410. The first-order valence-corrected chi connectivity index (χ1v) is 5.64. The molecule has 1 unspecified atom stereocenters. The molecule has 0 bridgehead atoms. The van der Waals surface area contributed by atoms with E-state index in [4.69, 9.17) is 11.6 Å². The zero-order chi connectivity index (χ0) is 13.0. The summed E-state index contributed by atoms with van der Waals surface area (Å²) in [7, 11) is 0. The summed E-state index contributed by atoms with van der Waals surface area (Å²) in [4.78, 5) is 10.4. The minimum absolute atomic E-state index is 0.0859. The van der Waals surface area contributed by atoms with Crippen molar-refractivity contribution in [3.05, 3.63) is 33.3 Å². The highest BCUT2D eigenvalue weighted by atomic mass is 35.5. The van der Waals surface area contributed by atoms with Gasteiger partial charge >= 0.3 is 0 Å². The first-order valence-electron chi connectivity index (χ1n) is 5.27. The van der Waals surface area contributed by atoms with Gasteiger partial charge in [0.1, 0.15) is 5.69 Å². The molecule has 0 aromatic heterocycles. The molecule has 1 rings (SSSR count). The van der Waals surface area contributed by atoms with Crippen molar-refractivity contribution < 1.29 is 10.0 Å². The van der Waals surface area contributed by atoms with E-state index in [2.05, 4.69) is 5.32 Å². The van der Waals surface area contributed by atoms with Gasteiger partial charge in [0.15, 0.2) is 0 Å². The van der Waals surface area contributed by atoms with Crippen molar-refractivity contribution in [3.63, 3.8) is 0 Å². The molecule has 1 aromatic rings. The van der Waals surface area contributed by atoms with Crippen LogP contribution in [-0.2, 0) is 0 Å². The van der Waals surface area contributed by atoms with Crippen LogP contribution >= 0.6 is 11.6 Å². The van der Waals surface area contributed by atoms with Gasteiger partial charge in [-0.2, -0.15) is 0 Å². The van der Waals surface area contributed by atoms with Crippen LogP contribution in [0.2, 0.25) is 5.02 Å². The molecule has 0 aliphatic rings. The van der Waals surface area contributed by atoms with Gasteiger partial charge in [0.2, 0.25) is 0 Å². The Morgan fingerprint density at radius 3 is 2.65 bits per heavy atom. The number of nitro groups is 1. The Morgan fingerprint density at radius 1 is 1.53 bits per heavy atom. The Morgan fingerprint density at radius 2 is 2.18 bits per heavy atom. The number of aliphatic hydroxyl groups excluding tert-OH is 1. The van der Waals surface area contributed by atoms with Crippen LogP contribution in [0.3, 0.4) is 0 Å². The monoisotopic (exact) mass is 258 g/mol. The van der Waals surface area contributed by atoms with E-state index >= 15 is 0 Å². The quantitative estimate of drug-likeness (QED) is 0.629. The molecule has 1 aromatic carbocycles. The van der Waals surface area contributed by atoms with Crippen LogP contribution < -0.4 is 5.32 Å². The number of hydrogen-bond donors (Lipinski definition) is 2. The van der Waals surface area contributed by atoms with E-state index < -0.39 is 4.92 Å². The number of halogens is 1. The molecular weight excluding hydrogens is 244 g/mol. The molecule has 6 heteroatoms. The number of nitrogens with one attached hydrogen (secondary N) is 1. The maximum absolute atomic E-state index is 10.9. The van der Waals surface area contributed by atoms with Gasteiger partial charge < -0.3 is 10.4 Å². The lowest BCUT2D eigenvalue weighted by Crippen LogP contribution is -2.29. The van der Waals surface area contributed by atoms with Gasteiger partial charge in [0.25, 0.3) is 5.69 Å². The van der Waals surface area contributed by atoms with E-state index in [-0.39, 0.29) is 24.3 Å². The van der Waals surface area contributed by atoms with Crippen molar-refractivity contribution in [1.82, 2.24) is 0 Å². The van der Waals surface area contributed by atoms with Crippen molar-refractivity contribution in [2.75, 3.05) is 11.9 Å². The van der Waals surface area contributed by atoms with Crippen molar-refractivity contribution in [2.45, 2.75) is 19.9 Å². The highest BCUT2D eigenvalue weighted by Crippen LogP contribution is 2.28. The lowest BCUT2D eigenvalue weighted by atomic mass is 10.0. The minimum Gasteiger partial charge on any atom is -0.394 e. The summed E-state index contributed by atoms with van der Waals surface area (Å²) in [5.41, 5.74) is 0.281. The zero-order valence-corrected chi connectivity index (χ0v) is 10.4. The lowest BCUT2D eigenvalue weighted by molar-refractivity contribution is -0.384. The van der Waals surface area contributed by atoms with Gasteiger partial charge in [-0.05, 0) is 18.1 Å². The molecule has 0 radical (unpaired) electrons. The zero-order valence-electron chi connectivity index (χ0n) is 9.68. The van der Waals surface area contributed by atoms with Crippen LogP contribution in [0, 0.1) is 16.0 Å². The standard InChI is InChI=1S/C11H15ClN2O3/c1-7(2)10(6-15)13-9-4-3-8(12)5-11(9)14(16)17/h3-5,7,10,13,15H,6H2,1-2H3. The summed E-state index contributed by atoms with van der Waals surface area (Å²) in [5, 5.41) is 23.3. The summed E-state index contributed by atoms with van der Waals surface area (Å²) < 4.78 is 0. The smallest absolute Gasteiger partial charge is 0.293 e. The first-order chi connectivity index (χ1) is 7.95. The highest BCUT2D eigenvalue weighted by Gasteiger charge is 2.19. The third-order valence-corrected chi connectivity index (χ3v) is 2.73. The molecule has 0 amide bonds. The number of anilines is 1. The second-order valence-electron chi connectivity index (χ2n) is 4.10. The topological polar surface area (TPSA) is 75.4 Å². The highest BCUT2D eigenvalue weighted by molar-refractivity contribution is 6.30. The molecular formula is C11H15ClN2O3. The molecule has 0 fully saturated rings. The van der Waals surface area contributed by atoms with E-state index in [1.165, 1.54) is 6.07 Å². The fraction of sp³-hybridized carbons (Fsp3) is 0.455. The number of nitrogens with zero attached hydrogens (tertiary/aromatic N) is 1. The van der Waals surface area contributed by atoms with Crippen LogP contribution in [0.5, 0.6) is 0 Å². The Labute approximate surface area is 105 Å². The molecule has 0 saturated heterocycles. The van der Waals surface area contributed by atoms with Gasteiger partial charge in [-0.3, -0.25) is 10.1 Å². The predicted molar refractivity (Wildman–Crippen MR) is 67.4 cm³/mol. The normalized spacial score (nSPS) is 12.5. The molecule has 0 spiro atoms. The second kappa shape index (κ2) is 5.84. The van der Waals surface area contributed by atoms with Crippen molar-refractivity contribution >= 4 is 23.0 Å². The van der Waals surface area contributed by atoms with Crippen LogP contribution in [0.15, 0.2) is 18.2 Å². The average molecular weight is 259 g/mol. The number of hydrogen-bond acceptors (Lipinski definition) is 4. The third-order valence-electron chi connectivity index (χ3n) is 2.50. The van der Waals surface area contributed by atoms with Crippen molar-refractivity contribution in [3.8, 4) is 0 Å². The summed E-state index contributed by atoms with van der Waals surface area (Å²) in [6, 6.07) is 4.19. The lowest BCUT2D eigenvalue weighted by Gasteiger charge is -2.21. The summed E-state index contributed by atoms with van der Waals surface area (Å²) in [5.74, 6) is 0.162. The fourth-order valence-electron chi connectivity index (χ4n) is 1.40. The van der Waals surface area contributed by atoms with Gasteiger partial charge in [-0.1, -0.05) is 25.4 Å². The maximum atomic E-state index is 10.9. The molecule has 0 aliphatic heterocycles. The number of aliphatic hydroxyl groups is 1. The Hall–Kier alpha value is -1.33. The SMILES string of the molecule is CC(C)C(CO)Nc1ccc(Cl)cc1[N+](=O)[O-]. The van der Waals surface area contributed by atoms with Crippen LogP contribution in [0.4, 0.5) is 11.4 Å². The van der Waals surface area contributed by atoms with Crippen LogP contribution in [-0.4, -0.2) is 22.7 Å². The molecule has 5 nitrogen and oxygen atoms in total. The molecule has 1 atom stereocenters. The van der Waals surface area contributed by atoms with E-state index in [1.807, 2.05) is 13.8 Å². The van der Waals surface area contributed by atoms with Crippen molar-refractivity contribution in [2.24, 2.45) is 5.92 Å². The summed E-state index contributed by atoms with van der Waals surface area (Å²) in [6.45, 7) is 3.77. The summed E-state index contributed by atoms with van der Waals surface area (Å²) >= 11 is 5.71. The van der Waals surface area contributed by atoms with Gasteiger partial charge in [-0.15, -0.1) is 0 Å². The first kappa shape index (κ1) is 13.7. The van der Waals surface area contributed by atoms with Gasteiger partial charge in [0.05, 0.1) is 17.6 Å². The Balaban J connectivity index is 3.01. The van der Waals surface area contributed by atoms with Crippen molar-refractivity contribution in [1.29, 1.82) is 0 Å². The molecule has 17 heavy (non-hydrogen) atoms. The average Bonchev–Trinajstić information content (AvgIpc) is 2.26. The summed E-state index contributed by atoms with van der Waals surface area (Å²) in [6.07, 6.45) is 0. The van der Waals surface area contributed by atoms with Crippen LogP contribution in [0.1, 0.15) is 13.8 Å². The molecule has 0 saturated carbocycles. The van der Waals surface area contributed by atoms with E-state index in [0.717, 1.165) is 0 Å². The van der Waals surface area contributed by atoms with E-state index in [1.54, 1.807) is 12.1 Å². The third kappa shape index (κ3) is 3.57. The second-order valence-corrected chi connectivity index (χ2v) is 4.53. The van der Waals surface area contributed by atoms with Crippen LogP contribution in [0.25, 0.3) is 0 Å². The molecule has 2 N–H and O–H groups in total. The number of rotatable bonds is 5. The van der Waals surface area contributed by atoms with Gasteiger partial charge in [0, 0.05) is 11.1 Å². The van der Waals surface area contributed by atoms with E-state index in [0.29, 0.717) is 10.7 Å². The molecule has 0 aliphatic carbocycles. The van der Waals surface area contributed by atoms with E-state index in [9.17, 15) is 15.2 Å². The largest absolute Gasteiger partial charge is 0.394 e. The molecule has 94 valence electrons. The van der Waals surface area contributed by atoms with Gasteiger partial charge in [-0.25, -0.2) is 0 Å². The molecule has 0 heterocycles. The maximum Gasteiger partial charge on any atom is 0.293 e.